The van der Waals surface area contributed by atoms with Crippen molar-refractivity contribution in [2.75, 3.05) is 32.1 Å². The molecule has 9 heteroatoms. The first-order valence-electron chi connectivity index (χ1n) is 13.5. The van der Waals surface area contributed by atoms with Gasteiger partial charge in [0.1, 0.15) is 5.75 Å². The molecule has 0 saturated heterocycles. The van der Waals surface area contributed by atoms with Gasteiger partial charge in [0.05, 0.1) is 30.7 Å². The zero-order valence-electron chi connectivity index (χ0n) is 23.9. The van der Waals surface area contributed by atoms with Crippen molar-refractivity contribution >= 4 is 21.6 Å². The number of carbonyl (C=O) groups excluding carboxylic acids is 1. The smallest absolute Gasteiger partial charge is 0.243 e. The number of para-hydroxylation sites is 1. The standard InChI is InChI=1S/C31H41N3O5S/c1-22(2)20-34(40(37,38)27-16-14-26(39-5)15-17-27)21-29(35)28(18-25-12-7-6-8-13-25)33-30(36)19-32-31-23(3)10-9-11-24(31)4/h6-17,22,28-29,32,35H,18-21H2,1-5H3,(H,33,36)/t28-,29?/m0/s1. The molecule has 2 atom stereocenters. The molecule has 3 aromatic carbocycles. The average molecular weight is 568 g/mol. The molecule has 3 N–H and O–H groups in total. The van der Waals surface area contributed by atoms with Gasteiger partial charge in [-0.05, 0) is 67.1 Å². The van der Waals surface area contributed by atoms with Crippen LogP contribution in [0.5, 0.6) is 5.75 Å². The van der Waals surface area contributed by atoms with Crippen LogP contribution in [-0.2, 0) is 21.2 Å². The number of benzene rings is 3. The van der Waals surface area contributed by atoms with Crippen molar-refractivity contribution in [2.45, 2.75) is 51.2 Å². The van der Waals surface area contributed by atoms with Crippen LogP contribution in [0.25, 0.3) is 0 Å². The molecule has 216 valence electrons. The van der Waals surface area contributed by atoms with Crippen LogP contribution in [0.2, 0.25) is 0 Å². The highest BCUT2D eigenvalue weighted by Gasteiger charge is 2.31. The van der Waals surface area contributed by atoms with Crippen LogP contribution in [0.3, 0.4) is 0 Å². The molecule has 1 amide bonds. The molecule has 0 radical (unpaired) electrons. The second kappa shape index (κ2) is 14.3. The lowest BCUT2D eigenvalue weighted by atomic mass is 10.0. The molecule has 0 fully saturated rings. The van der Waals surface area contributed by atoms with Gasteiger partial charge in [0, 0.05) is 18.8 Å². The fourth-order valence-electron chi connectivity index (χ4n) is 4.58. The average Bonchev–Trinajstić information content (AvgIpc) is 2.92. The van der Waals surface area contributed by atoms with Crippen molar-refractivity contribution in [3.05, 3.63) is 89.5 Å². The van der Waals surface area contributed by atoms with Crippen LogP contribution in [0.1, 0.15) is 30.5 Å². The summed E-state index contributed by atoms with van der Waals surface area (Å²) in [5, 5.41) is 17.6. The summed E-state index contributed by atoms with van der Waals surface area (Å²) in [6.45, 7) is 7.85. The molecular formula is C31H41N3O5S. The number of anilines is 1. The van der Waals surface area contributed by atoms with Crippen LogP contribution in [0.4, 0.5) is 5.69 Å². The van der Waals surface area contributed by atoms with E-state index in [2.05, 4.69) is 10.6 Å². The lowest BCUT2D eigenvalue weighted by Gasteiger charge is -2.31. The lowest BCUT2D eigenvalue weighted by Crippen LogP contribution is -2.52. The molecule has 3 rings (SSSR count). The highest BCUT2D eigenvalue weighted by atomic mass is 32.2. The van der Waals surface area contributed by atoms with Gasteiger partial charge in [0.15, 0.2) is 0 Å². The summed E-state index contributed by atoms with van der Waals surface area (Å²) in [5.41, 5.74) is 3.87. The van der Waals surface area contributed by atoms with Gasteiger partial charge in [-0.1, -0.05) is 62.4 Å². The number of methoxy groups -OCH3 is 1. The van der Waals surface area contributed by atoms with E-state index in [-0.39, 0.29) is 36.4 Å². The number of sulfonamides is 1. The van der Waals surface area contributed by atoms with Crippen molar-refractivity contribution < 1.29 is 23.1 Å². The van der Waals surface area contributed by atoms with Gasteiger partial charge in [0.25, 0.3) is 0 Å². The summed E-state index contributed by atoms with van der Waals surface area (Å²) in [5.74, 6) is 0.273. The van der Waals surface area contributed by atoms with E-state index in [1.807, 2.05) is 76.2 Å². The normalized spacial score (nSPS) is 13.2. The number of ether oxygens (including phenoxy) is 1. The lowest BCUT2D eigenvalue weighted by molar-refractivity contribution is -0.121. The maximum absolute atomic E-state index is 13.6. The van der Waals surface area contributed by atoms with Gasteiger partial charge in [-0.25, -0.2) is 8.42 Å². The highest BCUT2D eigenvalue weighted by molar-refractivity contribution is 7.89. The first-order valence-corrected chi connectivity index (χ1v) is 14.9. The largest absolute Gasteiger partial charge is 0.497 e. The molecule has 40 heavy (non-hydrogen) atoms. The van der Waals surface area contributed by atoms with E-state index in [1.165, 1.54) is 23.5 Å². The Morgan fingerprint density at radius 1 is 0.925 bits per heavy atom. The summed E-state index contributed by atoms with van der Waals surface area (Å²) in [6, 6.07) is 20.9. The SMILES string of the molecule is COc1ccc(S(=O)(=O)N(CC(C)C)CC(O)[C@H](Cc2ccccc2)NC(=O)CNc2c(C)cccc2C)cc1. The number of hydrogen-bond donors (Lipinski definition) is 3. The zero-order valence-corrected chi connectivity index (χ0v) is 24.7. The Kier molecular flexibility index (Phi) is 11.1. The van der Waals surface area contributed by atoms with Crippen LogP contribution < -0.4 is 15.4 Å². The minimum atomic E-state index is -3.91. The van der Waals surface area contributed by atoms with Crippen molar-refractivity contribution in [1.82, 2.24) is 9.62 Å². The van der Waals surface area contributed by atoms with Crippen LogP contribution >= 0.6 is 0 Å². The molecule has 0 saturated carbocycles. The van der Waals surface area contributed by atoms with E-state index in [0.717, 1.165) is 22.4 Å². The molecule has 0 heterocycles. The Bertz CT molecular complexity index is 1320. The third-order valence-corrected chi connectivity index (χ3v) is 8.52. The third-order valence-electron chi connectivity index (χ3n) is 6.67. The van der Waals surface area contributed by atoms with Gasteiger partial charge >= 0.3 is 0 Å². The fourth-order valence-corrected chi connectivity index (χ4v) is 6.20. The van der Waals surface area contributed by atoms with Crippen molar-refractivity contribution in [2.24, 2.45) is 5.92 Å². The van der Waals surface area contributed by atoms with Crippen LogP contribution in [0, 0.1) is 19.8 Å². The molecule has 0 bridgehead atoms. The summed E-state index contributed by atoms with van der Waals surface area (Å²) in [7, 11) is -2.40. The monoisotopic (exact) mass is 567 g/mol. The molecule has 0 spiro atoms. The van der Waals surface area contributed by atoms with Crippen molar-refractivity contribution in [3.63, 3.8) is 0 Å². The predicted molar refractivity (Wildman–Crippen MR) is 159 cm³/mol. The Labute approximate surface area is 238 Å². The summed E-state index contributed by atoms with van der Waals surface area (Å²) in [4.78, 5) is 13.2. The molecule has 8 nitrogen and oxygen atoms in total. The van der Waals surface area contributed by atoms with E-state index in [1.54, 1.807) is 12.1 Å². The number of nitrogens with one attached hydrogen (secondary N) is 2. The molecular weight excluding hydrogens is 526 g/mol. The van der Waals surface area contributed by atoms with E-state index >= 15 is 0 Å². The molecule has 3 aromatic rings. The van der Waals surface area contributed by atoms with Crippen LogP contribution in [0.15, 0.2) is 77.7 Å². The number of hydrogen-bond acceptors (Lipinski definition) is 6. The Morgan fingerprint density at radius 2 is 1.55 bits per heavy atom. The van der Waals surface area contributed by atoms with Gasteiger partial charge < -0.3 is 20.5 Å². The van der Waals surface area contributed by atoms with E-state index in [9.17, 15) is 18.3 Å². The van der Waals surface area contributed by atoms with E-state index < -0.39 is 22.2 Å². The number of rotatable bonds is 14. The second-order valence-electron chi connectivity index (χ2n) is 10.4. The summed E-state index contributed by atoms with van der Waals surface area (Å²) in [6.07, 6.45) is -0.814. The Morgan fingerprint density at radius 3 is 2.12 bits per heavy atom. The minimum absolute atomic E-state index is 0.0174. The number of carbonyl (C=O) groups is 1. The predicted octanol–water partition coefficient (Wildman–Crippen LogP) is 4.16. The highest BCUT2D eigenvalue weighted by Crippen LogP contribution is 2.22. The topological polar surface area (TPSA) is 108 Å². The summed E-state index contributed by atoms with van der Waals surface area (Å²) < 4.78 is 33.7. The fraction of sp³-hybridized carbons (Fsp3) is 0.387. The number of aliphatic hydroxyl groups is 1. The zero-order chi connectivity index (χ0) is 29.3. The molecule has 0 aromatic heterocycles. The molecule has 0 aliphatic heterocycles. The second-order valence-corrected chi connectivity index (χ2v) is 12.4. The minimum Gasteiger partial charge on any atom is -0.497 e. The van der Waals surface area contributed by atoms with Gasteiger partial charge in [-0.15, -0.1) is 0 Å². The van der Waals surface area contributed by atoms with Gasteiger partial charge in [-0.2, -0.15) is 4.31 Å². The maximum Gasteiger partial charge on any atom is 0.243 e. The van der Waals surface area contributed by atoms with Gasteiger partial charge in [-0.3, -0.25) is 4.79 Å². The number of amides is 1. The maximum atomic E-state index is 13.6. The molecule has 0 aliphatic rings. The van der Waals surface area contributed by atoms with Gasteiger partial charge in [0.2, 0.25) is 15.9 Å². The van der Waals surface area contributed by atoms with Crippen molar-refractivity contribution in [3.8, 4) is 5.75 Å². The van der Waals surface area contributed by atoms with E-state index in [4.69, 9.17) is 4.74 Å². The quantitative estimate of drug-likeness (QED) is 0.270. The van der Waals surface area contributed by atoms with Crippen molar-refractivity contribution in [1.29, 1.82) is 0 Å². The third kappa shape index (κ3) is 8.55. The first kappa shape index (κ1) is 31.1. The number of nitrogens with zero attached hydrogens (tertiary/aromatic N) is 1. The summed E-state index contributed by atoms with van der Waals surface area (Å²) >= 11 is 0. The number of aliphatic hydroxyl groups excluding tert-OH is 1. The molecule has 1 unspecified atom stereocenters. The van der Waals surface area contributed by atoms with Crippen LogP contribution in [-0.4, -0.2) is 62.6 Å². The Hall–Kier alpha value is -3.40. The number of aryl methyl sites for hydroxylation is 2. The Balaban J connectivity index is 1.81. The molecule has 0 aliphatic carbocycles. The first-order chi connectivity index (χ1) is 19.0. The van der Waals surface area contributed by atoms with E-state index in [0.29, 0.717) is 12.2 Å².